The summed E-state index contributed by atoms with van der Waals surface area (Å²) in [7, 11) is 0. The monoisotopic (exact) mass is 366 g/mol. The highest BCUT2D eigenvalue weighted by molar-refractivity contribution is 5.53. The summed E-state index contributed by atoms with van der Waals surface area (Å²) in [6.07, 6.45) is 19.0. The van der Waals surface area contributed by atoms with Crippen LogP contribution in [0.2, 0.25) is 0 Å². The van der Waals surface area contributed by atoms with Gasteiger partial charge in [-0.05, 0) is 78.8 Å². The molecular formula is C26H38O. The van der Waals surface area contributed by atoms with E-state index in [1.54, 1.807) is 11.1 Å². The summed E-state index contributed by atoms with van der Waals surface area (Å²) in [5.41, 5.74) is 5.27. The molecule has 0 saturated heterocycles. The molecule has 0 radical (unpaired) electrons. The van der Waals surface area contributed by atoms with Crippen molar-refractivity contribution in [2.45, 2.75) is 79.2 Å². The number of aliphatic hydroxyl groups excluding tert-OH is 1. The maximum atomic E-state index is 10.1. The molecule has 4 aliphatic carbocycles. The van der Waals surface area contributed by atoms with Gasteiger partial charge in [0, 0.05) is 5.41 Å². The molecule has 0 spiro atoms. The zero-order chi connectivity index (χ0) is 19.4. The minimum atomic E-state index is -0.141. The van der Waals surface area contributed by atoms with Gasteiger partial charge in [-0.25, -0.2) is 0 Å². The van der Waals surface area contributed by atoms with Gasteiger partial charge in [-0.15, -0.1) is 0 Å². The van der Waals surface area contributed by atoms with E-state index >= 15 is 0 Å². The van der Waals surface area contributed by atoms with E-state index in [9.17, 15) is 5.11 Å². The van der Waals surface area contributed by atoms with Crippen LogP contribution in [0.25, 0.3) is 0 Å². The number of fused-ring (bicyclic) bond motifs is 5. The predicted octanol–water partition coefficient (Wildman–Crippen LogP) is 6.61. The van der Waals surface area contributed by atoms with Crippen molar-refractivity contribution < 1.29 is 5.11 Å². The van der Waals surface area contributed by atoms with E-state index < -0.39 is 0 Å². The smallest absolute Gasteiger partial charge is 0.0578 e. The summed E-state index contributed by atoms with van der Waals surface area (Å²) >= 11 is 0. The first-order valence-electron chi connectivity index (χ1n) is 11.2. The van der Waals surface area contributed by atoms with Crippen molar-refractivity contribution in [2.24, 2.45) is 34.5 Å². The van der Waals surface area contributed by atoms with E-state index in [2.05, 4.69) is 65.0 Å². The van der Waals surface area contributed by atoms with Gasteiger partial charge >= 0.3 is 0 Å². The summed E-state index contributed by atoms with van der Waals surface area (Å²) in [6.45, 7) is 12.0. The highest BCUT2D eigenvalue weighted by Gasteiger charge is 2.53. The molecule has 0 aliphatic heterocycles. The van der Waals surface area contributed by atoms with Crippen molar-refractivity contribution in [3.05, 3.63) is 47.1 Å². The molecule has 148 valence electrons. The maximum absolute atomic E-state index is 10.1. The first-order chi connectivity index (χ1) is 12.8. The van der Waals surface area contributed by atoms with Crippen molar-refractivity contribution >= 4 is 0 Å². The van der Waals surface area contributed by atoms with Crippen LogP contribution in [0, 0.1) is 34.5 Å². The molecule has 0 amide bonds. The molecule has 0 unspecified atom stereocenters. The molecule has 0 bridgehead atoms. The first kappa shape index (κ1) is 19.2. The summed E-state index contributed by atoms with van der Waals surface area (Å²) in [5.74, 6) is 2.79. The Hall–Kier alpha value is -1.08. The van der Waals surface area contributed by atoms with Crippen molar-refractivity contribution in [3.8, 4) is 0 Å². The molecule has 0 heterocycles. The summed E-state index contributed by atoms with van der Waals surface area (Å²) in [5, 5.41) is 10.1. The Labute approximate surface area is 166 Å². The molecule has 2 fully saturated rings. The van der Waals surface area contributed by atoms with Gasteiger partial charge in [-0.3, -0.25) is 0 Å². The lowest BCUT2D eigenvalue weighted by Gasteiger charge is -2.50. The molecular weight excluding hydrogens is 328 g/mol. The van der Waals surface area contributed by atoms with E-state index in [0.29, 0.717) is 23.2 Å². The number of rotatable bonds is 3. The highest BCUT2D eigenvalue weighted by atomic mass is 16.3. The van der Waals surface area contributed by atoms with Crippen LogP contribution in [-0.4, -0.2) is 11.2 Å². The van der Waals surface area contributed by atoms with E-state index in [1.807, 2.05) is 0 Å². The molecule has 0 aromatic rings. The van der Waals surface area contributed by atoms with Gasteiger partial charge in [-0.2, -0.15) is 0 Å². The Morgan fingerprint density at radius 3 is 2.59 bits per heavy atom. The van der Waals surface area contributed by atoms with Gasteiger partial charge in [0.15, 0.2) is 0 Å². The zero-order valence-corrected chi connectivity index (χ0v) is 18.0. The average Bonchev–Trinajstić information content (AvgIpc) is 2.97. The van der Waals surface area contributed by atoms with Crippen molar-refractivity contribution in [1.82, 2.24) is 0 Å². The summed E-state index contributed by atoms with van der Waals surface area (Å²) in [6, 6.07) is 0. The quantitative estimate of drug-likeness (QED) is 0.557. The SMILES string of the molecule is CC(C)/C=C/[C@@H](C)[C@H]1CC[C@H]2C3=CC=C4C[C@@H](O)CC[C@]4(C)C3=CC[C@]12C. The molecule has 0 aromatic carbocycles. The van der Waals surface area contributed by atoms with Crippen molar-refractivity contribution in [2.75, 3.05) is 0 Å². The molecule has 1 nitrogen and oxygen atoms in total. The third kappa shape index (κ3) is 3.01. The van der Waals surface area contributed by atoms with Gasteiger partial charge in [0.05, 0.1) is 6.10 Å². The van der Waals surface area contributed by atoms with Crippen LogP contribution < -0.4 is 0 Å². The lowest BCUT2D eigenvalue weighted by Crippen LogP contribution is -2.41. The highest BCUT2D eigenvalue weighted by Crippen LogP contribution is 2.63. The molecule has 2 saturated carbocycles. The Kier molecular flexibility index (Phi) is 4.82. The van der Waals surface area contributed by atoms with Gasteiger partial charge in [-0.1, -0.05) is 70.6 Å². The normalized spacial score (nSPS) is 42.2. The number of allylic oxidation sites excluding steroid dienone is 7. The summed E-state index contributed by atoms with van der Waals surface area (Å²) in [4.78, 5) is 0. The minimum absolute atomic E-state index is 0.141. The van der Waals surface area contributed by atoms with Gasteiger partial charge in [0.25, 0.3) is 0 Å². The molecule has 6 atom stereocenters. The number of aliphatic hydroxyl groups is 1. The van der Waals surface area contributed by atoms with Crippen LogP contribution in [0.3, 0.4) is 0 Å². The first-order valence-corrected chi connectivity index (χ1v) is 11.2. The molecule has 1 N–H and O–H groups in total. The lowest BCUT2D eigenvalue weighted by atomic mass is 9.54. The Morgan fingerprint density at radius 2 is 1.85 bits per heavy atom. The maximum Gasteiger partial charge on any atom is 0.0578 e. The van der Waals surface area contributed by atoms with E-state index in [0.717, 1.165) is 25.2 Å². The molecule has 27 heavy (non-hydrogen) atoms. The fourth-order valence-electron chi connectivity index (χ4n) is 6.79. The Morgan fingerprint density at radius 1 is 1.07 bits per heavy atom. The predicted molar refractivity (Wildman–Crippen MR) is 114 cm³/mol. The minimum Gasteiger partial charge on any atom is -0.393 e. The summed E-state index contributed by atoms with van der Waals surface area (Å²) < 4.78 is 0. The standard InChI is InChI=1S/C26H38O/c1-17(2)6-7-18(3)22-10-11-23-21-9-8-19-16-20(27)12-14-25(19,4)24(21)13-15-26(22,23)5/h6-9,13,17-18,20,22-23,27H,10-12,14-16H2,1-5H3/b7-6+/t18-,20+,22-,23+,25+,26-/m1/s1. The molecule has 1 heteroatoms. The Bertz CT molecular complexity index is 720. The third-order valence-corrected chi connectivity index (χ3v) is 8.48. The van der Waals surface area contributed by atoms with Crippen LogP contribution in [0.1, 0.15) is 73.1 Å². The van der Waals surface area contributed by atoms with E-state index in [4.69, 9.17) is 0 Å². The van der Waals surface area contributed by atoms with Crippen LogP contribution >= 0.6 is 0 Å². The average molecular weight is 367 g/mol. The zero-order valence-electron chi connectivity index (χ0n) is 18.0. The van der Waals surface area contributed by atoms with Crippen LogP contribution in [0.4, 0.5) is 0 Å². The largest absolute Gasteiger partial charge is 0.393 e. The number of hydrogen-bond acceptors (Lipinski definition) is 1. The molecule has 4 aliphatic rings. The van der Waals surface area contributed by atoms with Gasteiger partial charge in [0.2, 0.25) is 0 Å². The topological polar surface area (TPSA) is 20.2 Å². The second-order valence-electron chi connectivity index (χ2n) is 10.6. The van der Waals surface area contributed by atoms with Crippen molar-refractivity contribution in [1.29, 1.82) is 0 Å². The van der Waals surface area contributed by atoms with E-state index in [-0.39, 0.29) is 11.5 Å². The number of hydrogen-bond donors (Lipinski definition) is 1. The lowest BCUT2D eigenvalue weighted by molar-refractivity contribution is 0.114. The van der Waals surface area contributed by atoms with Crippen molar-refractivity contribution in [3.63, 3.8) is 0 Å². The van der Waals surface area contributed by atoms with Crippen LogP contribution in [0.5, 0.6) is 0 Å². The molecule has 0 aromatic heterocycles. The second-order valence-corrected chi connectivity index (χ2v) is 10.6. The van der Waals surface area contributed by atoms with Gasteiger partial charge in [0.1, 0.15) is 0 Å². The van der Waals surface area contributed by atoms with Gasteiger partial charge < -0.3 is 5.11 Å². The van der Waals surface area contributed by atoms with Crippen LogP contribution in [-0.2, 0) is 0 Å². The van der Waals surface area contributed by atoms with E-state index in [1.165, 1.54) is 24.8 Å². The second kappa shape index (κ2) is 6.76. The Balaban J connectivity index is 1.66. The fourth-order valence-corrected chi connectivity index (χ4v) is 6.79. The molecule has 4 rings (SSSR count). The van der Waals surface area contributed by atoms with Crippen LogP contribution in [0.15, 0.2) is 47.1 Å². The fraction of sp³-hybridized carbons (Fsp3) is 0.692. The third-order valence-electron chi connectivity index (χ3n) is 8.48.